The van der Waals surface area contributed by atoms with Crippen molar-refractivity contribution in [1.29, 1.82) is 0 Å². The Hall–Kier alpha value is -3.30. The molecule has 0 saturated carbocycles. The number of hydrogen-bond acceptors (Lipinski definition) is 5. The Morgan fingerprint density at radius 2 is 2.00 bits per heavy atom. The highest BCUT2D eigenvalue weighted by Gasteiger charge is 2.25. The second kappa shape index (κ2) is 8.44. The Morgan fingerprint density at radius 3 is 2.77 bits per heavy atom. The van der Waals surface area contributed by atoms with Crippen LogP contribution in [0.1, 0.15) is 18.1 Å². The molecule has 0 fully saturated rings. The molecule has 1 amide bonds. The summed E-state index contributed by atoms with van der Waals surface area (Å²) in [5.74, 6) is -0.468. The molecule has 0 unspecified atom stereocenters. The first kappa shape index (κ1) is 21.0. The predicted molar refractivity (Wildman–Crippen MR) is 113 cm³/mol. The topological polar surface area (TPSA) is 88.6 Å². The Kier molecular flexibility index (Phi) is 5.71. The molecule has 160 valence electrons. The van der Waals surface area contributed by atoms with Gasteiger partial charge in [-0.05, 0) is 47.9 Å². The highest BCUT2D eigenvalue weighted by Crippen LogP contribution is 2.30. The average Bonchev–Trinajstić information content (AvgIpc) is 3.18. The van der Waals surface area contributed by atoms with E-state index in [9.17, 15) is 17.6 Å². The molecular weight excluding hydrogens is 421 g/mol. The monoisotopic (exact) mass is 441 g/mol. The van der Waals surface area contributed by atoms with Gasteiger partial charge in [0.2, 0.25) is 21.8 Å². The maximum atomic E-state index is 13.8. The van der Waals surface area contributed by atoms with E-state index < -0.39 is 15.8 Å². The quantitative estimate of drug-likeness (QED) is 0.633. The summed E-state index contributed by atoms with van der Waals surface area (Å²) < 4.78 is 47.3. The Morgan fingerprint density at radius 1 is 1.19 bits per heavy atom. The number of carbonyl (C=O) groups is 1. The van der Waals surface area contributed by atoms with Gasteiger partial charge in [0.25, 0.3) is 0 Å². The van der Waals surface area contributed by atoms with Gasteiger partial charge in [-0.2, -0.15) is 0 Å². The average molecular weight is 441 g/mol. The number of amides is 1. The molecule has 0 radical (unpaired) electrons. The second-order valence-electron chi connectivity index (χ2n) is 7.07. The van der Waals surface area contributed by atoms with E-state index in [2.05, 4.69) is 9.71 Å². The standard InChI is InChI=1S/C22H20FN3O4S/c1-15(27)26-11-9-17-6-7-18(13-20(17)26)31(28,29)25-14-16-8-10-24-22(12-16)30-21-5-3-2-4-19(21)23/h2-8,10,12-13,25H,9,11,14H2,1H3. The third-order valence-electron chi connectivity index (χ3n) is 4.96. The zero-order chi connectivity index (χ0) is 22.0. The molecule has 0 spiro atoms. The molecule has 0 atom stereocenters. The summed E-state index contributed by atoms with van der Waals surface area (Å²) >= 11 is 0. The molecule has 31 heavy (non-hydrogen) atoms. The first-order valence-electron chi connectivity index (χ1n) is 9.61. The van der Waals surface area contributed by atoms with Crippen LogP contribution in [0.2, 0.25) is 0 Å². The van der Waals surface area contributed by atoms with E-state index >= 15 is 0 Å². The largest absolute Gasteiger partial charge is 0.436 e. The van der Waals surface area contributed by atoms with E-state index in [4.69, 9.17) is 4.74 Å². The lowest BCUT2D eigenvalue weighted by atomic mass is 10.2. The van der Waals surface area contributed by atoms with Gasteiger partial charge in [0, 0.05) is 38.0 Å². The minimum atomic E-state index is -3.82. The molecular formula is C22H20FN3O4S. The van der Waals surface area contributed by atoms with Crippen LogP contribution in [0.3, 0.4) is 0 Å². The van der Waals surface area contributed by atoms with Crippen molar-refractivity contribution in [1.82, 2.24) is 9.71 Å². The highest BCUT2D eigenvalue weighted by molar-refractivity contribution is 7.89. The SMILES string of the molecule is CC(=O)N1CCc2ccc(S(=O)(=O)NCc3ccnc(Oc4ccccc4F)c3)cc21. The van der Waals surface area contributed by atoms with Crippen molar-refractivity contribution < 1.29 is 22.3 Å². The number of ether oxygens (including phenoxy) is 1. The number of halogens is 1. The zero-order valence-corrected chi connectivity index (χ0v) is 17.5. The minimum absolute atomic E-state index is 0.00794. The van der Waals surface area contributed by atoms with Gasteiger partial charge in [0.15, 0.2) is 11.6 Å². The summed E-state index contributed by atoms with van der Waals surface area (Å²) in [5, 5.41) is 0. The van der Waals surface area contributed by atoms with Crippen LogP contribution >= 0.6 is 0 Å². The fourth-order valence-electron chi connectivity index (χ4n) is 3.37. The number of benzene rings is 2. The van der Waals surface area contributed by atoms with E-state index in [1.807, 2.05) is 0 Å². The van der Waals surface area contributed by atoms with Gasteiger partial charge in [0.1, 0.15) is 0 Å². The maximum Gasteiger partial charge on any atom is 0.240 e. The number of rotatable bonds is 6. The molecule has 0 aliphatic carbocycles. The van der Waals surface area contributed by atoms with Gasteiger partial charge < -0.3 is 9.64 Å². The lowest BCUT2D eigenvalue weighted by molar-refractivity contribution is -0.116. The predicted octanol–water partition coefficient (Wildman–Crippen LogP) is 3.40. The van der Waals surface area contributed by atoms with Crippen LogP contribution in [-0.2, 0) is 27.8 Å². The van der Waals surface area contributed by atoms with Gasteiger partial charge in [-0.1, -0.05) is 18.2 Å². The smallest absolute Gasteiger partial charge is 0.240 e. The van der Waals surface area contributed by atoms with E-state index in [0.717, 1.165) is 5.56 Å². The van der Waals surface area contributed by atoms with Crippen molar-refractivity contribution in [2.24, 2.45) is 0 Å². The van der Waals surface area contributed by atoms with Gasteiger partial charge in [0.05, 0.1) is 4.90 Å². The molecule has 4 rings (SSSR count). The van der Waals surface area contributed by atoms with Gasteiger partial charge in [-0.25, -0.2) is 22.5 Å². The van der Waals surface area contributed by atoms with Crippen molar-refractivity contribution in [3.8, 4) is 11.6 Å². The molecule has 1 N–H and O–H groups in total. The normalized spacial score (nSPS) is 13.2. The van der Waals surface area contributed by atoms with Crippen molar-refractivity contribution in [2.45, 2.75) is 24.8 Å². The van der Waals surface area contributed by atoms with Crippen LogP contribution in [0.5, 0.6) is 11.6 Å². The number of anilines is 1. The van der Waals surface area contributed by atoms with E-state index in [1.165, 1.54) is 43.5 Å². The first-order valence-corrected chi connectivity index (χ1v) is 11.1. The number of para-hydroxylation sites is 1. The van der Waals surface area contributed by atoms with Crippen LogP contribution in [0.25, 0.3) is 0 Å². The first-order chi connectivity index (χ1) is 14.8. The summed E-state index contributed by atoms with van der Waals surface area (Å²) in [6.45, 7) is 1.99. The van der Waals surface area contributed by atoms with Crippen LogP contribution in [0, 0.1) is 5.82 Å². The fourth-order valence-corrected chi connectivity index (χ4v) is 4.41. The molecule has 2 heterocycles. The number of hydrogen-bond donors (Lipinski definition) is 1. The summed E-state index contributed by atoms with van der Waals surface area (Å²) in [6, 6.07) is 13.9. The van der Waals surface area contributed by atoms with Crippen molar-refractivity contribution in [3.63, 3.8) is 0 Å². The third-order valence-corrected chi connectivity index (χ3v) is 6.36. The van der Waals surface area contributed by atoms with Gasteiger partial charge >= 0.3 is 0 Å². The molecule has 2 aromatic carbocycles. The van der Waals surface area contributed by atoms with Gasteiger partial charge in [-0.15, -0.1) is 0 Å². The number of aromatic nitrogens is 1. The summed E-state index contributed by atoms with van der Waals surface area (Å²) in [5.41, 5.74) is 2.16. The van der Waals surface area contributed by atoms with Crippen molar-refractivity contribution in [3.05, 3.63) is 77.7 Å². The van der Waals surface area contributed by atoms with Crippen molar-refractivity contribution >= 4 is 21.6 Å². The second-order valence-corrected chi connectivity index (χ2v) is 8.84. The number of carbonyl (C=O) groups excluding carboxylic acids is 1. The Bertz CT molecular complexity index is 1250. The summed E-state index contributed by atoms with van der Waals surface area (Å²) in [4.78, 5) is 17.5. The lowest BCUT2D eigenvalue weighted by Crippen LogP contribution is -2.26. The van der Waals surface area contributed by atoms with E-state index in [0.29, 0.717) is 24.2 Å². The molecule has 0 saturated heterocycles. The number of nitrogens with zero attached hydrogens (tertiary/aromatic N) is 2. The molecule has 1 aliphatic rings. The minimum Gasteiger partial charge on any atom is -0.436 e. The molecule has 3 aromatic rings. The van der Waals surface area contributed by atoms with Crippen LogP contribution < -0.4 is 14.4 Å². The van der Waals surface area contributed by atoms with E-state index in [1.54, 1.807) is 29.2 Å². The molecule has 7 nitrogen and oxygen atoms in total. The van der Waals surface area contributed by atoms with Crippen LogP contribution in [0.4, 0.5) is 10.1 Å². The maximum absolute atomic E-state index is 13.8. The van der Waals surface area contributed by atoms with Gasteiger partial charge in [-0.3, -0.25) is 4.79 Å². The number of fused-ring (bicyclic) bond motifs is 1. The molecule has 1 aromatic heterocycles. The molecule has 9 heteroatoms. The number of nitrogens with one attached hydrogen (secondary N) is 1. The molecule has 0 bridgehead atoms. The fraction of sp³-hybridized carbons (Fsp3) is 0.182. The highest BCUT2D eigenvalue weighted by atomic mass is 32.2. The summed E-state index contributed by atoms with van der Waals surface area (Å²) in [6.07, 6.45) is 2.16. The summed E-state index contributed by atoms with van der Waals surface area (Å²) in [7, 11) is -3.82. The van der Waals surface area contributed by atoms with Crippen LogP contribution in [0.15, 0.2) is 65.7 Å². The van der Waals surface area contributed by atoms with Crippen LogP contribution in [-0.4, -0.2) is 25.9 Å². The van der Waals surface area contributed by atoms with E-state index in [-0.39, 0.29) is 29.0 Å². The molecule has 1 aliphatic heterocycles. The Labute approximate surface area is 179 Å². The Balaban J connectivity index is 1.49. The lowest BCUT2D eigenvalue weighted by Gasteiger charge is -2.16. The van der Waals surface area contributed by atoms with Crippen molar-refractivity contribution in [2.75, 3.05) is 11.4 Å². The number of pyridine rings is 1. The zero-order valence-electron chi connectivity index (χ0n) is 16.7. The third kappa shape index (κ3) is 4.57. The number of sulfonamides is 1.